The first kappa shape index (κ1) is 16.9. The van der Waals surface area contributed by atoms with Crippen LogP contribution in [-0.4, -0.2) is 23.9 Å². The fraction of sp³-hybridized carbons (Fsp3) is 0.167. The van der Waals surface area contributed by atoms with E-state index in [9.17, 15) is 9.59 Å². The molecular weight excluding hydrogens is 338 g/mol. The van der Waals surface area contributed by atoms with Crippen molar-refractivity contribution in [2.45, 2.75) is 12.8 Å². The van der Waals surface area contributed by atoms with Gasteiger partial charge in [0.2, 0.25) is 5.91 Å². The molecule has 0 spiro atoms. The molecule has 1 aromatic heterocycles. The van der Waals surface area contributed by atoms with Crippen molar-refractivity contribution in [1.82, 2.24) is 15.8 Å². The number of aromatic nitrogens is 1. The van der Waals surface area contributed by atoms with Crippen LogP contribution in [0.2, 0.25) is 0 Å². The number of methoxy groups -OCH3 is 1. The van der Waals surface area contributed by atoms with Crippen molar-refractivity contribution in [1.29, 1.82) is 0 Å². The van der Waals surface area contributed by atoms with Gasteiger partial charge in [0.05, 0.1) is 22.3 Å². The highest BCUT2D eigenvalue weighted by molar-refractivity contribution is 7.18. The highest BCUT2D eigenvalue weighted by atomic mass is 32.1. The number of aryl methyl sites for hydroxylation is 1. The molecule has 7 heteroatoms. The van der Waals surface area contributed by atoms with Crippen LogP contribution in [-0.2, 0) is 11.2 Å². The number of thiazole rings is 1. The summed E-state index contributed by atoms with van der Waals surface area (Å²) in [5, 5.41) is 0.901. The zero-order valence-corrected chi connectivity index (χ0v) is 14.4. The van der Waals surface area contributed by atoms with Crippen LogP contribution in [0.1, 0.15) is 21.8 Å². The number of hydrogen-bond donors (Lipinski definition) is 2. The van der Waals surface area contributed by atoms with Crippen LogP contribution < -0.4 is 15.6 Å². The lowest BCUT2D eigenvalue weighted by molar-refractivity contribution is -0.121. The minimum absolute atomic E-state index is 0.253. The minimum Gasteiger partial charge on any atom is -0.497 e. The number of nitrogens with one attached hydrogen (secondary N) is 2. The Kier molecular flexibility index (Phi) is 5.25. The van der Waals surface area contributed by atoms with Crippen LogP contribution in [0.15, 0.2) is 48.5 Å². The maximum atomic E-state index is 12.0. The summed E-state index contributed by atoms with van der Waals surface area (Å²) in [6.45, 7) is 0. The van der Waals surface area contributed by atoms with Crippen LogP contribution in [0.3, 0.4) is 0 Å². The van der Waals surface area contributed by atoms with Gasteiger partial charge < -0.3 is 4.74 Å². The molecule has 128 valence electrons. The maximum Gasteiger partial charge on any atom is 0.269 e. The SMILES string of the molecule is COc1ccc(C(=O)NNC(=O)CCc2nc3ccccc3s2)cc1. The highest BCUT2D eigenvalue weighted by Gasteiger charge is 2.09. The molecule has 3 aromatic rings. The van der Waals surface area contributed by atoms with Gasteiger partial charge in [-0.25, -0.2) is 4.98 Å². The standard InChI is InChI=1S/C18H17N3O3S/c1-24-13-8-6-12(7-9-13)18(23)21-20-16(22)10-11-17-19-14-4-2-3-5-15(14)25-17/h2-9H,10-11H2,1H3,(H,20,22)(H,21,23). The van der Waals surface area contributed by atoms with Crippen LogP contribution in [0.4, 0.5) is 0 Å². The molecule has 25 heavy (non-hydrogen) atoms. The molecule has 0 bridgehead atoms. The Morgan fingerprint density at radius 2 is 1.84 bits per heavy atom. The first-order chi connectivity index (χ1) is 12.2. The largest absolute Gasteiger partial charge is 0.497 e. The number of rotatable bonds is 5. The monoisotopic (exact) mass is 355 g/mol. The molecule has 2 N–H and O–H groups in total. The van der Waals surface area contributed by atoms with E-state index in [1.807, 2.05) is 24.3 Å². The van der Waals surface area contributed by atoms with Crippen LogP contribution in [0.25, 0.3) is 10.2 Å². The van der Waals surface area contributed by atoms with Gasteiger partial charge in [-0.3, -0.25) is 20.4 Å². The van der Waals surface area contributed by atoms with E-state index in [2.05, 4.69) is 15.8 Å². The van der Waals surface area contributed by atoms with E-state index in [0.29, 0.717) is 17.7 Å². The van der Waals surface area contributed by atoms with Gasteiger partial charge in [0.25, 0.3) is 5.91 Å². The van der Waals surface area contributed by atoms with Crippen molar-refractivity contribution in [2.24, 2.45) is 0 Å². The average molecular weight is 355 g/mol. The number of hydrazine groups is 1. The summed E-state index contributed by atoms with van der Waals surface area (Å²) in [5.41, 5.74) is 6.20. The van der Waals surface area contributed by atoms with E-state index in [1.165, 1.54) is 0 Å². The topological polar surface area (TPSA) is 80.3 Å². The van der Waals surface area contributed by atoms with Gasteiger partial charge in [-0.15, -0.1) is 11.3 Å². The Bertz CT molecular complexity index is 857. The van der Waals surface area contributed by atoms with Crippen molar-refractivity contribution < 1.29 is 14.3 Å². The lowest BCUT2D eigenvalue weighted by Crippen LogP contribution is -2.41. The molecule has 0 fully saturated rings. The fourth-order valence-electron chi connectivity index (χ4n) is 2.25. The third kappa shape index (κ3) is 4.33. The molecular formula is C18H17N3O3S. The maximum absolute atomic E-state index is 12.0. The predicted molar refractivity (Wildman–Crippen MR) is 96.5 cm³/mol. The van der Waals surface area contributed by atoms with E-state index in [1.54, 1.807) is 42.7 Å². The van der Waals surface area contributed by atoms with E-state index in [0.717, 1.165) is 15.2 Å². The number of amides is 2. The second-order valence-electron chi connectivity index (χ2n) is 5.31. The molecule has 0 saturated heterocycles. The van der Waals surface area contributed by atoms with Crippen LogP contribution in [0, 0.1) is 0 Å². The van der Waals surface area contributed by atoms with E-state index in [4.69, 9.17) is 4.74 Å². The van der Waals surface area contributed by atoms with Crippen molar-refractivity contribution in [3.05, 3.63) is 59.1 Å². The molecule has 6 nitrogen and oxygen atoms in total. The second-order valence-corrected chi connectivity index (χ2v) is 6.42. The smallest absolute Gasteiger partial charge is 0.269 e. The van der Waals surface area contributed by atoms with E-state index >= 15 is 0 Å². The number of fused-ring (bicyclic) bond motifs is 1. The molecule has 0 aliphatic rings. The molecule has 0 aliphatic heterocycles. The summed E-state index contributed by atoms with van der Waals surface area (Å²) >= 11 is 1.57. The van der Waals surface area contributed by atoms with Crippen LogP contribution in [0.5, 0.6) is 5.75 Å². The van der Waals surface area contributed by atoms with Gasteiger partial charge in [0.15, 0.2) is 0 Å². The first-order valence-corrected chi connectivity index (χ1v) is 8.55. The number of benzene rings is 2. The summed E-state index contributed by atoms with van der Waals surface area (Å²) in [7, 11) is 1.56. The number of hydrogen-bond acceptors (Lipinski definition) is 5. The molecule has 0 saturated carbocycles. The zero-order chi connectivity index (χ0) is 17.6. The number of carbonyl (C=O) groups is 2. The number of para-hydroxylation sites is 1. The van der Waals surface area contributed by atoms with Crippen molar-refractivity contribution >= 4 is 33.4 Å². The Balaban J connectivity index is 1.47. The van der Waals surface area contributed by atoms with Gasteiger partial charge in [-0.2, -0.15) is 0 Å². The van der Waals surface area contributed by atoms with Crippen molar-refractivity contribution in [3.63, 3.8) is 0 Å². The van der Waals surface area contributed by atoms with Crippen molar-refractivity contribution in [2.75, 3.05) is 7.11 Å². The van der Waals surface area contributed by atoms with Crippen molar-refractivity contribution in [3.8, 4) is 5.75 Å². The quantitative estimate of drug-likeness (QED) is 0.690. The predicted octanol–water partition coefficient (Wildman–Crippen LogP) is 2.70. The van der Waals surface area contributed by atoms with Gasteiger partial charge in [0, 0.05) is 18.4 Å². The molecule has 0 atom stereocenters. The fourth-order valence-corrected chi connectivity index (χ4v) is 3.22. The third-order valence-electron chi connectivity index (χ3n) is 3.57. The number of ether oxygens (including phenoxy) is 1. The average Bonchev–Trinajstić information content (AvgIpc) is 3.07. The summed E-state index contributed by atoms with van der Waals surface area (Å²) in [5.74, 6) is 0.0218. The number of nitrogens with zero attached hydrogens (tertiary/aromatic N) is 1. The third-order valence-corrected chi connectivity index (χ3v) is 4.67. The molecule has 2 amide bonds. The minimum atomic E-state index is -0.379. The lowest BCUT2D eigenvalue weighted by Gasteiger charge is -2.07. The summed E-state index contributed by atoms with van der Waals surface area (Å²) < 4.78 is 6.14. The summed E-state index contributed by atoms with van der Waals surface area (Å²) in [4.78, 5) is 28.3. The molecule has 1 heterocycles. The number of carbonyl (C=O) groups excluding carboxylic acids is 2. The molecule has 2 aromatic carbocycles. The van der Waals surface area contributed by atoms with Gasteiger partial charge in [-0.1, -0.05) is 12.1 Å². The van der Waals surface area contributed by atoms with Gasteiger partial charge in [-0.05, 0) is 36.4 Å². The first-order valence-electron chi connectivity index (χ1n) is 7.73. The van der Waals surface area contributed by atoms with Gasteiger partial charge >= 0.3 is 0 Å². The summed E-state index contributed by atoms with van der Waals surface area (Å²) in [6.07, 6.45) is 0.784. The Morgan fingerprint density at radius 1 is 1.08 bits per heavy atom. The molecule has 0 unspecified atom stereocenters. The Hall–Kier alpha value is -2.93. The zero-order valence-electron chi connectivity index (χ0n) is 13.6. The normalized spacial score (nSPS) is 10.4. The van der Waals surface area contributed by atoms with Crippen LogP contribution >= 0.6 is 11.3 Å². The highest BCUT2D eigenvalue weighted by Crippen LogP contribution is 2.22. The Morgan fingerprint density at radius 3 is 2.56 bits per heavy atom. The van der Waals surface area contributed by atoms with E-state index in [-0.39, 0.29) is 18.2 Å². The van der Waals surface area contributed by atoms with Gasteiger partial charge in [0.1, 0.15) is 5.75 Å². The lowest BCUT2D eigenvalue weighted by atomic mass is 10.2. The Labute approximate surface area is 148 Å². The van der Waals surface area contributed by atoms with E-state index < -0.39 is 0 Å². The second kappa shape index (κ2) is 7.76. The summed E-state index contributed by atoms with van der Waals surface area (Å²) in [6, 6.07) is 14.5. The molecule has 0 radical (unpaired) electrons. The molecule has 3 rings (SSSR count). The molecule has 0 aliphatic carbocycles.